The zero-order valence-corrected chi connectivity index (χ0v) is 17.7. The van der Waals surface area contributed by atoms with Gasteiger partial charge in [-0.2, -0.15) is 0 Å². The maximum absolute atomic E-state index is 5.24. The molecule has 0 spiro atoms. The van der Waals surface area contributed by atoms with E-state index in [1.807, 2.05) is 13.0 Å². The molecule has 5 nitrogen and oxygen atoms in total. The first-order chi connectivity index (χ1) is 12.0. The van der Waals surface area contributed by atoms with Crippen LogP contribution in [0.15, 0.2) is 26.9 Å². The summed E-state index contributed by atoms with van der Waals surface area (Å²) >= 11 is 0. The molecule has 144 valence electrons. The monoisotopic (exact) mass is 358 g/mol. The normalized spacial score (nSPS) is 22.5. The molecule has 1 fully saturated rings. The molecule has 0 aliphatic carbocycles. The third kappa shape index (κ3) is 3.73. The fourth-order valence-corrected chi connectivity index (χ4v) is 4.07. The van der Waals surface area contributed by atoms with Crippen LogP contribution in [0.3, 0.4) is 0 Å². The van der Waals surface area contributed by atoms with Crippen LogP contribution in [0.1, 0.15) is 59.9 Å². The van der Waals surface area contributed by atoms with Gasteiger partial charge in [-0.05, 0) is 24.8 Å². The summed E-state index contributed by atoms with van der Waals surface area (Å²) in [5.74, 6) is 2.11. The number of aromatic nitrogens is 1. The number of hydrogen-bond acceptors (Lipinski definition) is 5. The number of rotatable bonds is 2. The van der Waals surface area contributed by atoms with Gasteiger partial charge in [0, 0.05) is 43.4 Å². The van der Waals surface area contributed by atoms with E-state index >= 15 is 0 Å². The van der Waals surface area contributed by atoms with Crippen LogP contribution in [0, 0.1) is 17.8 Å². The molecule has 1 aromatic heterocycles. The van der Waals surface area contributed by atoms with E-state index in [-0.39, 0.29) is 16.9 Å². The summed E-state index contributed by atoms with van der Waals surface area (Å²) in [6, 6.07) is 2.27. The summed E-state index contributed by atoms with van der Waals surface area (Å²) in [4.78, 5) is 10.2. The van der Waals surface area contributed by atoms with Crippen molar-refractivity contribution in [2.75, 3.05) is 19.6 Å². The highest BCUT2D eigenvalue weighted by atomic mass is 16.5. The molecule has 3 rings (SSSR count). The second kappa shape index (κ2) is 6.52. The van der Waals surface area contributed by atoms with Gasteiger partial charge in [0.1, 0.15) is 11.6 Å². The van der Waals surface area contributed by atoms with Crippen LogP contribution in [0.4, 0.5) is 0 Å². The molecule has 1 saturated heterocycles. The molecular formula is C21H34N4O. The molecule has 2 aliphatic rings. The van der Waals surface area contributed by atoms with Crippen molar-refractivity contribution >= 4 is 5.84 Å². The molecule has 5 heteroatoms. The summed E-state index contributed by atoms with van der Waals surface area (Å²) < 4.78 is 5.24. The molecule has 0 radical (unpaired) electrons. The van der Waals surface area contributed by atoms with Crippen molar-refractivity contribution in [1.29, 1.82) is 0 Å². The van der Waals surface area contributed by atoms with E-state index in [1.165, 1.54) is 17.1 Å². The largest absolute Gasteiger partial charge is 0.361 e. The van der Waals surface area contributed by atoms with Gasteiger partial charge in [-0.1, -0.05) is 46.7 Å². The van der Waals surface area contributed by atoms with Crippen LogP contribution in [0.5, 0.6) is 0 Å². The predicted molar refractivity (Wildman–Crippen MR) is 106 cm³/mol. The molecule has 2 aliphatic heterocycles. The lowest BCUT2D eigenvalue weighted by molar-refractivity contribution is 0.190. The van der Waals surface area contributed by atoms with Gasteiger partial charge in [-0.3, -0.25) is 9.89 Å². The maximum atomic E-state index is 5.24. The average molecular weight is 359 g/mol. The number of aryl methyl sites for hydroxylation is 1. The smallest absolute Gasteiger partial charge is 0.133 e. The Morgan fingerprint density at radius 2 is 1.81 bits per heavy atom. The van der Waals surface area contributed by atoms with E-state index in [1.54, 1.807) is 0 Å². The van der Waals surface area contributed by atoms with E-state index in [9.17, 15) is 0 Å². The molecule has 0 N–H and O–H groups in total. The van der Waals surface area contributed by atoms with Crippen molar-refractivity contribution in [2.45, 2.75) is 68.0 Å². The second-order valence-electron chi connectivity index (χ2n) is 9.89. The third-order valence-electron chi connectivity index (χ3n) is 5.26. The van der Waals surface area contributed by atoms with Crippen LogP contribution >= 0.6 is 0 Å². The second-order valence-corrected chi connectivity index (χ2v) is 9.89. The maximum Gasteiger partial charge on any atom is 0.133 e. The van der Waals surface area contributed by atoms with Gasteiger partial charge in [0.2, 0.25) is 0 Å². The van der Waals surface area contributed by atoms with E-state index in [2.05, 4.69) is 63.4 Å². The van der Waals surface area contributed by atoms with Crippen molar-refractivity contribution in [3.05, 3.63) is 28.8 Å². The summed E-state index contributed by atoms with van der Waals surface area (Å²) in [6.07, 6.45) is 0. The van der Waals surface area contributed by atoms with Crippen LogP contribution in [-0.4, -0.2) is 46.5 Å². The summed E-state index contributed by atoms with van der Waals surface area (Å²) in [5.41, 5.74) is 4.01. The van der Waals surface area contributed by atoms with E-state index in [4.69, 9.17) is 9.52 Å². The van der Waals surface area contributed by atoms with Gasteiger partial charge in [0.25, 0.3) is 0 Å². The lowest BCUT2D eigenvalue weighted by atomic mass is 9.79. The summed E-state index contributed by atoms with van der Waals surface area (Å²) in [5, 5.41) is 4.17. The first-order valence-electron chi connectivity index (χ1n) is 9.67. The van der Waals surface area contributed by atoms with Gasteiger partial charge >= 0.3 is 0 Å². The van der Waals surface area contributed by atoms with Crippen molar-refractivity contribution < 1.29 is 4.52 Å². The van der Waals surface area contributed by atoms with Crippen molar-refractivity contribution in [3.63, 3.8) is 0 Å². The molecule has 1 atom stereocenters. The number of nitrogens with zero attached hydrogens (tertiary/aromatic N) is 4. The minimum absolute atomic E-state index is 0.0425. The minimum Gasteiger partial charge on any atom is -0.361 e. The van der Waals surface area contributed by atoms with Crippen LogP contribution in [0.25, 0.3) is 0 Å². The van der Waals surface area contributed by atoms with E-state index in [0.717, 1.165) is 37.6 Å². The van der Waals surface area contributed by atoms with Crippen molar-refractivity contribution in [2.24, 2.45) is 15.8 Å². The molecule has 0 amide bonds. The number of amidine groups is 1. The molecule has 1 aromatic rings. The highest BCUT2D eigenvalue weighted by Gasteiger charge is 2.40. The van der Waals surface area contributed by atoms with E-state index < -0.39 is 0 Å². The Morgan fingerprint density at radius 3 is 2.35 bits per heavy atom. The Morgan fingerprint density at radius 1 is 1.12 bits per heavy atom. The summed E-state index contributed by atoms with van der Waals surface area (Å²) in [6.45, 7) is 21.7. The van der Waals surface area contributed by atoms with Gasteiger partial charge < -0.3 is 9.42 Å². The van der Waals surface area contributed by atoms with E-state index in [0.29, 0.717) is 0 Å². The topological polar surface area (TPSA) is 44.9 Å². The molecular weight excluding hydrogens is 324 g/mol. The van der Waals surface area contributed by atoms with Crippen molar-refractivity contribution in [3.8, 4) is 0 Å². The highest BCUT2D eigenvalue weighted by molar-refractivity contribution is 5.90. The molecule has 0 bridgehead atoms. The minimum atomic E-state index is 0.0425. The Balaban J connectivity index is 1.90. The van der Waals surface area contributed by atoms with Gasteiger partial charge in [0.15, 0.2) is 0 Å². The molecule has 1 unspecified atom stereocenters. The molecule has 0 aromatic carbocycles. The standard InChI is InChI=1S/C21H34N4O/c1-14-11-16(23-26-14)12-24-9-10-25-17(13-24)15(2)18(20(3,4)5)22-19(25)21(6,7)8/h11,18H,9-10,12-13H2,1-8H3. The Bertz CT molecular complexity index is 730. The Kier molecular flexibility index (Phi) is 4.80. The van der Waals surface area contributed by atoms with Crippen LogP contribution in [-0.2, 0) is 6.54 Å². The molecule has 26 heavy (non-hydrogen) atoms. The zero-order valence-electron chi connectivity index (χ0n) is 17.7. The number of hydrogen-bond donors (Lipinski definition) is 0. The SMILES string of the molecule is CC1=C2CN(Cc3cc(C)on3)CCN2C(C(C)(C)C)=NC1C(C)(C)C. The lowest BCUT2D eigenvalue weighted by Gasteiger charge is -2.48. The van der Waals surface area contributed by atoms with Gasteiger partial charge in [-0.15, -0.1) is 0 Å². The fourth-order valence-electron chi connectivity index (χ4n) is 4.07. The Hall–Kier alpha value is -1.62. The first kappa shape index (κ1) is 19.2. The third-order valence-corrected chi connectivity index (χ3v) is 5.26. The highest BCUT2D eigenvalue weighted by Crippen LogP contribution is 2.38. The fraction of sp³-hybridized carbons (Fsp3) is 0.714. The Labute approximate surface area is 158 Å². The van der Waals surface area contributed by atoms with Crippen LogP contribution < -0.4 is 0 Å². The van der Waals surface area contributed by atoms with Crippen molar-refractivity contribution in [1.82, 2.24) is 15.0 Å². The lowest BCUT2D eigenvalue weighted by Crippen LogP contribution is -2.54. The summed E-state index contributed by atoms with van der Waals surface area (Å²) in [7, 11) is 0. The molecule has 0 saturated carbocycles. The average Bonchev–Trinajstić information content (AvgIpc) is 2.90. The number of fused-ring (bicyclic) bond motifs is 1. The van der Waals surface area contributed by atoms with Gasteiger partial charge in [-0.25, -0.2) is 0 Å². The van der Waals surface area contributed by atoms with Gasteiger partial charge in [0.05, 0.1) is 11.7 Å². The molecule has 3 heterocycles. The first-order valence-corrected chi connectivity index (χ1v) is 9.67. The quantitative estimate of drug-likeness (QED) is 0.793. The number of aliphatic imine (C=N–C) groups is 1. The predicted octanol–water partition coefficient (Wildman–Crippen LogP) is 4.25. The zero-order chi connectivity index (χ0) is 19.3. The van der Waals surface area contributed by atoms with Crippen LogP contribution in [0.2, 0.25) is 0 Å². The number of piperazine rings is 1.